The second-order valence-corrected chi connectivity index (χ2v) is 9.33. The van der Waals surface area contributed by atoms with Crippen LogP contribution in [0.2, 0.25) is 0 Å². The fourth-order valence-electron chi connectivity index (χ4n) is 3.90. The Morgan fingerprint density at radius 1 is 0.971 bits per heavy atom. The minimum absolute atomic E-state index is 0.0732. The Bertz CT molecular complexity index is 1100. The van der Waals surface area contributed by atoms with Crippen LogP contribution in [-0.4, -0.2) is 53.5 Å². The van der Waals surface area contributed by atoms with Crippen LogP contribution in [0.1, 0.15) is 45.2 Å². The van der Waals surface area contributed by atoms with E-state index in [2.05, 4.69) is 0 Å². The molecule has 2 unspecified atom stereocenters. The molecule has 0 aliphatic carbocycles. The van der Waals surface area contributed by atoms with Crippen molar-refractivity contribution in [2.24, 2.45) is 0 Å². The lowest BCUT2D eigenvalue weighted by Crippen LogP contribution is -2.41. The van der Waals surface area contributed by atoms with Crippen molar-refractivity contribution >= 4 is 29.6 Å². The summed E-state index contributed by atoms with van der Waals surface area (Å²) in [5, 5.41) is 1.91. The minimum Gasteiger partial charge on any atom is -0.459 e. The highest BCUT2D eigenvalue weighted by Gasteiger charge is 2.43. The molecule has 0 aromatic heterocycles. The second kappa shape index (κ2) is 10.4. The standard InChI is InChI=1S/C26H27NO6S/c1-16-4-8-19(9-5-16)25(29)31-13-22-21(33-26(30)20-10-6-17(2)7-11-20)12-24(32-22)27-18(3)14-34-15-23(27)28/h4-11,14,21-22,24H,12-13,15H2,1-3H3/t21-,22?,24?/m1/s1. The normalized spacial score (nSPS) is 22.3. The van der Waals surface area contributed by atoms with Gasteiger partial charge in [0.2, 0.25) is 5.91 Å². The Morgan fingerprint density at radius 3 is 2.15 bits per heavy atom. The van der Waals surface area contributed by atoms with Crippen molar-refractivity contribution in [2.45, 2.75) is 45.6 Å². The van der Waals surface area contributed by atoms with Crippen molar-refractivity contribution in [3.8, 4) is 0 Å². The van der Waals surface area contributed by atoms with E-state index in [4.69, 9.17) is 14.2 Å². The van der Waals surface area contributed by atoms with Gasteiger partial charge in [-0.3, -0.25) is 9.69 Å². The van der Waals surface area contributed by atoms with Crippen LogP contribution in [0.4, 0.5) is 0 Å². The summed E-state index contributed by atoms with van der Waals surface area (Å²) < 4.78 is 17.4. The first-order valence-electron chi connectivity index (χ1n) is 11.1. The van der Waals surface area contributed by atoms with Gasteiger partial charge in [-0.2, -0.15) is 0 Å². The van der Waals surface area contributed by atoms with Gasteiger partial charge in [0.05, 0.1) is 16.9 Å². The zero-order valence-electron chi connectivity index (χ0n) is 19.4. The van der Waals surface area contributed by atoms with Crippen molar-refractivity contribution < 1.29 is 28.6 Å². The van der Waals surface area contributed by atoms with Gasteiger partial charge in [0.25, 0.3) is 0 Å². The van der Waals surface area contributed by atoms with E-state index in [1.54, 1.807) is 29.2 Å². The number of nitrogens with zero attached hydrogens (tertiary/aromatic N) is 1. The topological polar surface area (TPSA) is 82.1 Å². The maximum absolute atomic E-state index is 12.8. The number of carbonyl (C=O) groups excluding carboxylic acids is 3. The fraction of sp³-hybridized carbons (Fsp3) is 0.346. The number of carbonyl (C=O) groups is 3. The summed E-state index contributed by atoms with van der Waals surface area (Å²) in [4.78, 5) is 39.4. The highest BCUT2D eigenvalue weighted by molar-refractivity contribution is 8.02. The van der Waals surface area contributed by atoms with Gasteiger partial charge >= 0.3 is 11.9 Å². The van der Waals surface area contributed by atoms with E-state index in [0.29, 0.717) is 16.9 Å². The molecule has 34 heavy (non-hydrogen) atoms. The molecule has 2 heterocycles. The lowest BCUT2D eigenvalue weighted by molar-refractivity contribution is -0.140. The van der Waals surface area contributed by atoms with Crippen LogP contribution in [0.3, 0.4) is 0 Å². The molecule has 1 saturated heterocycles. The van der Waals surface area contributed by atoms with Crippen molar-refractivity contribution in [2.75, 3.05) is 12.4 Å². The number of allylic oxidation sites excluding steroid dienone is 1. The first kappa shape index (κ1) is 24.0. The number of amides is 1. The number of ether oxygens (including phenoxy) is 3. The molecule has 0 saturated carbocycles. The first-order chi connectivity index (χ1) is 16.3. The van der Waals surface area contributed by atoms with E-state index < -0.39 is 30.4 Å². The molecule has 0 spiro atoms. The monoisotopic (exact) mass is 481 g/mol. The van der Waals surface area contributed by atoms with Crippen LogP contribution < -0.4 is 0 Å². The van der Waals surface area contributed by atoms with Crippen molar-refractivity contribution in [1.82, 2.24) is 4.90 Å². The highest BCUT2D eigenvalue weighted by Crippen LogP contribution is 2.32. The van der Waals surface area contributed by atoms with Crippen LogP contribution in [-0.2, 0) is 19.0 Å². The van der Waals surface area contributed by atoms with E-state index in [1.165, 1.54) is 11.8 Å². The molecule has 2 aliphatic heterocycles. The van der Waals surface area contributed by atoms with E-state index in [1.807, 2.05) is 50.4 Å². The number of aryl methyl sites for hydroxylation is 2. The largest absolute Gasteiger partial charge is 0.459 e. The summed E-state index contributed by atoms with van der Waals surface area (Å²) in [5.74, 6) is -0.733. The average molecular weight is 482 g/mol. The molecule has 7 nitrogen and oxygen atoms in total. The maximum Gasteiger partial charge on any atom is 0.338 e. The Morgan fingerprint density at radius 2 is 1.56 bits per heavy atom. The zero-order chi connectivity index (χ0) is 24.2. The lowest BCUT2D eigenvalue weighted by Gasteiger charge is -2.31. The average Bonchev–Trinajstić information content (AvgIpc) is 3.20. The van der Waals surface area contributed by atoms with E-state index in [9.17, 15) is 14.4 Å². The molecule has 2 aromatic rings. The maximum atomic E-state index is 12.8. The molecule has 1 fully saturated rings. The molecule has 1 amide bonds. The summed E-state index contributed by atoms with van der Waals surface area (Å²) >= 11 is 1.43. The summed E-state index contributed by atoms with van der Waals surface area (Å²) in [5.41, 5.74) is 3.69. The van der Waals surface area contributed by atoms with Gasteiger partial charge in [-0.15, -0.1) is 11.8 Å². The molecular formula is C26H27NO6S. The number of rotatable bonds is 6. The third-order valence-electron chi connectivity index (χ3n) is 5.79. The van der Waals surface area contributed by atoms with Gasteiger partial charge in [0, 0.05) is 12.1 Å². The zero-order valence-corrected chi connectivity index (χ0v) is 20.2. The molecule has 0 radical (unpaired) electrons. The van der Waals surface area contributed by atoms with Gasteiger partial charge in [-0.05, 0) is 50.4 Å². The van der Waals surface area contributed by atoms with Crippen molar-refractivity contribution in [3.05, 3.63) is 81.9 Å². The van der Waals surface area contributed by atoms with Gasteiger partial charge in [-0.25, -0.2) is 9.59 Å². The number of thioether (sulfide) groups is 1. The van der Waals surface area contributed by atoms with Gasteiger partial charge in [-0.1, -0.05) is 35.4 Å². The number of esters is 2. The summed E-state index contributed by atoms with van der Waals surface area (Å²) in [6.07, 6.45) is -1.71. The first-order valence-corrected chi connectivity index (χ1v) is 12.1. The third kappa shape index (κ3) is 5.51. The predicted octanol–water partition coefficient (Wildman–Crippen LogP) is 4.24. The lowest BCUT2D eigenvalue weighted by atomic mass is 10.1. The van der Waals surface area contributed by atoms with E-state index in [-0.39, 0.29) is 18.9 Å². The molecule has 0 N–H and O–H groups in total. The Labute approximate surface area is 203 Å². The molecular weight excluding hydrogens is 454 g/mol. The van der Waals surface area contributed by atoms with Crippen LogP contribution in [0.25, 0.3) is 0 Å². The predicted molar refractivity (Wildman–Crippen MR) is 128 cm³/mol. The quantitative estimate of drug-likeness (QED) is 0.571. The summed E-state index contributed by atoms with van der Waals surface area (Å²) in [7, 11) is 0. The highest BCUT2D eigenvalue weighted by atomic mass is 32.2. The Balaban J connectivity index is 1.48. The molecule has 2 aliphatic rings. The third-order valence-corrected chi connectivity index (χ3v) is 6.71. The Kier molecular flexibility index (Phi) is 7.38. The SMILES string of the molecule is CC1=CSCC(=O)N1C1C[C@@H](OC(=O)c2ccc(C)cc2)C(COC(=O)c2ccc(C)cc2)O1. The number of benzene rings is 2. The molecule has 178 valence electrons. The fourth-order valence-corrected chi connectivity index (χ4v) is 4.62. The second-order valence-electron chi connectivity index (χ2n) is 8.47. The van der Waals surface area contributed by atoms with Gasteiger partial charge in [0.1, 0.15) is 25.0 Å². The molecule has 2 aromatic carbocycles. The Hall–Kier alpha value is -3.10. The number of hydrogen-bond acceptors (Lipinski definition) is 7. The van der Waals surface area contributed by atoms with Crippen molar-refractivity contribution in [1.29, 1.82) is 0 Å². The molecule has 0 bridgehead atoms. The molecule has 4 rings (SSSR count). The van der Waals surface area contributed by atoms with Crippen molar-refractivity contribution in [3.63, 3.8) is 0 Å². The smallest absolute Gasteiger partial charge is 0.338 e. The molecule has 8 heteroatoms. The van der Waals surface area contributed by atoms with Crippen LogP contribution >= 0.6 is 11.8 Å². The van der Waals surface area contributed by atoms with Gasteiger partial charge in [0.15, 0.2) is 0 Å². The van der Waals surface area contributed by atoms with Crippen LogP contribution in [0.15, 0.2) is 59.6 Å². The van der Waals surface area contributed by atoms with Gasteiger partial charge < -0.3 is 14.2 Å². The number of hydrogen-bond donors (Lipinski definition) is 0. The summed E-state index contributed by atoms with van der Waals surface area (Å²) in [6, 6.07) is 14.1. The van der Waals surface area contributed by atoms with E-state index >= 15 is 0 Å². The van der Waals surface area contributed by atoms with E-state index in [0.717, 1.165) is 16.8 Å². The van der Waals surface area contributed by atoms with Crippen LogP contribution in [0.5, 0.6) is 0 Å². The minimum atomic E-state index is -0.705. The van der Waals surface area contributed by atoms with Crippen LogP contribution in [0, 0.1) is 13.8 Å². The molecule has 3 atom stereocenters. The summed E-state index contributed by atoms with van der Waals surface area (Å²) in [6.45, 7) is 5.61.